The number of nitrogens with one attached hydrogen (secondary N) is 1. The van der Waals surface area contributed by atoms with Gasteiger partial charge in [-0.2, -0.15) is 0 Å². The smallest absolute Gasteiger partial charge is 0.322 e. The highest BCUT2D eigenvalue weighted by atomic mass is 16.4. The molecule has 0 spiro atoms. The first-order valence-corrected chi connectivity index (χ1v) is 2.34. The van der Waals surface area contributed by atoms with E-state index in [0.717, 1.165) is 0 Å². The second kappa shape index (κ2) is 3.85. The summed E-state index contributed by atoms with van der Waals surface area (Å²) in [5.41, 5.74) is 4.98. The van der Waals surface area contributed by atoms with Gasteiger partial charge in [-0.15, -0.1) is 0 Å². The van der Waals surface area contributed by atoms with Crippen LogP contribution in [0.5, 0.6) is 0 Å². The summed E-state index contributed by atoms with van der Waals surface area (Å²) in [4.78, 5) is 19.5. The lowest BCUT2D eigenvalue weighted by atomic mass is 10.3. The summed E-state index contributed by atoms with van der Waals surface area (Å²) >= 11 is 0. The molecule has 4 N–H and O–H groups in total. The molecule has 52 valence electrons. The topological polar surface area (TPSA) is 92.4 Å². The van der Waals surface area contributed by atoms with E-state index in [1.54, 1.807) is 0 Å². The van der Waals surface area contributed by atoms with E-state index in [1.165, 1.54) is 0 Å². The van der Waals surface area contributed by atoms with Crippen LogP contribution in [-0.2, 0) is 9.59 Å². The molecule has 5 nitrogen and oxygen atoms in total. The van der Waals surface area contributed by atoms with Crippen molar-refractivity contribution >= 4 is 12.4 Å². The molecule has 0 bridgehead atoms. The molecule has 0 rings (SSSR count). The van der Waals surface area contributed by atoms with E-state index in [2.05, 4.69) is 5.32 Å². The monoisotopic (exact) mass is 132 g/mol. The van der Waals surface area contributed by atoms with Gasteiger partial charge in [0, 0.05) is 6.54 Å². The number of carboxylic acid groups (broad SMARTS) is 1. The molecule has 0 aromatic heterocycles. The third-order valence-electron chi connectivity index (χ3n) is 0.738. The molecule has 0 saturated heterocycles. The van der Waals surface area contributed by atoms with Crippen LogP contribution < -0.4 is 11.1 Å². The highest BCUT2D eigenvalue weighted by molar-refractivity contribution is 5.73. The zero-order valence-corrected chi connectivity index (χ0v) is 4.70. The minimum absolute atomic E-state index is 0.0289. The van der Waals surface area contributed by atoms with Crippen LogP contribution in [0.1, 0.15) is 0 Å². The zero-order chi connectivity index (χ0) is 7.28. The van der Waals surface area contributed by atoms with Gasteiger partial charge in [0.05, 0.1) is 0 Å². The molecule has 1 atom stereocenters. The number of hydrogen-bond donors (Lipinski definition) is 3. The van der Waals surface area contributed by atoms with E-state index in [1.807, 2.05) is 0 Å². The molecule has 5 heteroatoms. The van der Waals surface area contributed by atoms with Crippen molar-refractivity contribution in [1.29, 1.82) is 0 Å². The fourth-order valence-corrected chi connectivity index (χ4v) is 0.262. The second-order valence-electron chi connectivity index (χ2n) is 1.47. The van der Waals surface area contributed by atoms with Crippen LogP contribution in [-0.4, -0.2) is 30.1 Å². The Labute approximate surface area is 51.8 Å². The Morgan fingerprint density at radius 1 is 1.89 bits per heavy atom. The van der Waals surface area contributed by atoms with Crippen molar-refractivity contribution < 1.29 is 14.7 Å². The molecular formula is C4H8N2O3. The van der Waals surface area contributed by atoms with E-state index >= 15 is 0 Å². The number of rotatable bonds is 4. The first kappa shape index (κ1) is 7.90. The average molecular weight is 132 g/mol. The molecule has 0 aromatic carbocycles. The largest absolute Gasteiger partial charge is 0.480 e. The van der Waals surface area contributed by atoms with Crippen LogP contribution in [0.2, 0.25) is 0 Å². The molecule has 0 aromatic rings. The van der Waals surface area contributed by atoms with Gasteiger partial charge < -0.3 is 16.2 Å². The number of hydrogen-bond acceptors (Lipinski definition) is 3. The highest BCUT2D eigenvalue weighted by Crippen LogP contribution is 1.71. The first-order chi connectivity index (χ1) is 4.18. The minimum atomic E-state index is -1.12. The molecule has 0 radical (unpaired) electrons. The maximum atomic E-state index is 9.92. The Balaban J connectivity index is 3.37. The molecule has 1 unspecified atom stereocenters. The summed E-state index contributed by atoms with van der Waals surface area (Å²) in [7, 11) is 0. The molecule has 0 heterocycles. The van der Waals surface area contributed by atoms with Crippen LogP contribution in [0.3, 0.4) is 0 Å². The van der Waals surface area contributed by atoms with E-state index in [4.69, 9.17) is 10.8 Å². The molecule has 9 heavy (non-hydrogen) atoms. The van der Waals surface area contributed by atoms with Gasteiger partial charge in [-0.05, 0) is 0 Å². The van der Waals surface area contributed by atoms with Crippen LogP contribution in [0, 0.1) is 0 Å². The third kappa shape index (κ3) is 3.48. The van der Waals surface area contributed by atoms with Gasteiger partial charge in [-0.25, -0.2) is 0 Å². The molecule has 1 amide bonds. The van der Waals surface area contributed by atoms with Gasteiger partial charge >= 0.3 is 5.97 Å². The van der Waals surface area contributed by atoms with Gasteiger partial charge in [-0.1, -0.05) is 0 Å². The Hall–Kier alpha value is -1.10. The quantitative estimate of drug-likeness (QED) is 0.391. The Morgan fingerprint density at radius 3 is 2.78 bits per heavy atom. The maximum Gasteiger partial charge on any atom is 0.322 e. The van der Waals surface area contributed by atoms with E-state index in [9.17, 15) is 9.59 Å². The molecule has 0 saturated carbocycles. The van der Waals surface area contributed by atoms with E-state index in [-0.39, 0.29) is 6.54 Å². The van der Waals surface area contributed by atoms with Crippen LogP contribution in [0.15, 0.2) is 0 Å². The van der Waals surface area contributed by atoms with Crippen molar-refractivity contribution in [1.82, 2.24) is 5.32 Å². The van der Waals surface area contributed by atoms with Gasteiger partial charge in [0.25, 0.3) is 0 Å². The zero-order valence-electron chi connectivity index (χ0n) is 4.70. The lowest BCUT2D eigenvalue weighted by Gasteiger charge is -2.02. The van der Waals surface area contributed by atoms with Gasteiger partial charge in [0.2, 0.25) is 6.41 Å². The third-order valence-corrected chi connectivity index (χ3v) is 0.738. The van der Waals surface area contributed by atoms with Crippen molar-refractivity contribution in [2.75, 3.05) is 6.54 Å². The summed E-state index contributed by atoms with van der Waals surface area (Å²) in [6.45, 7) is -0.0289. The fraction of sp³-hybridized carbons (Fsp3) is 0.500. The van der Waals surface area contributed by atoms with Crippen molar-refractivity contribution in [2.24, 2.45) is 5.73 Å². The second-order valence-corrected chi connectivity index (χ2v) is 1.47. The lowest BCUT2D eigenvalue weighted by molar-refractivity contribution is -0.138. The van der Waals surface area contributed by atoms with Crippen LogP contribution in [0.4, 0.5) is 0 Å². The Bertz CT molecular complexity index is 114. The fourth-order valence-electron chi connectivity index (χ4n) is 0.262. The maximum absolute atomic E-state index is 9.92. The number of carbonyl (C=O) groups excluding carboxylic acids is 1. The standard InChI is InChI=1S/C4H8N2O3/c5-3(4(8)9)1-6-2-7/h2-3H,1,5H2,(H,6,7)(H,8,9). The van der Waals surface area contributed by atoms with Crippen molar-refractivity contribution in [3.05, 3.63) is 0 Å². The van der Waals surface area contributed by atoms with Crippen LogP contribution in [0.25, 0.3) is 0 Å². The van der Waals surface area contributed by atoms with E-state index < -0.39 is 12.0 Å². The predicted octanol–water partition coefficient (Wildman–Crippen LogP) is -1.86. The molecule has 0 aliphatic heterocycles. The summed E-state index contributed by atoms with van der Waals surface area (Å²) < 4.78 is 0. The number of carboxylic acids is 1. The van der Waals surface area contributed by atoms with Gasteiger partial charge in [0.1, 0.15) is 6.04 Å². The predicted molar refractivity (Wildman–Crippen MR) is 29.7 cm³/mol. The number of carbonyl (C=O) groups is 2. The first-order valence-electron chi connectivity index (χ1n) is 2.34. The highest BCUT2D eigenvalue weighted by Gasteiger charge is 2.08. The SMILES string of the molecule is NC(CNC=O)C(=O)O. The Kier molecular flexibility index (Phi) is 3.38. The van der Waals surface area contributed by atoms with Crippen LogP contribution >= 0.6 is 0 Å². The summed E-state index contributed by atoms with van der Waals surface area (Å²) in [6.07, 6.45) is 0.406. The number of amides is 1. The molecule has 0 aliphatic carbocycles. The van der Waals surface area contributed by atoms with Gasteiger partial charge in [0.15, 0.2) is 0 Å². The number of aliphatic carboxylic acids is 1. The van der Waals surface area contributed by atoms with Gasteiger partial charge in [-0.3, -0.25) is 9.59 Å². The lowest BCUT2D eigenvalue weighted by Crippen LogP contribution is -2.39. The normalized spacial score (nSPS) is 12.1. The molecule has 0 fully saturated rings. The molecular weight excluding hydrogens is 124 g/mol. The average Bonchev–Trinajstić information content (AvgIpc) is 1.82. The minimum Gasteiger partial charge on any atom is -0.480 e. The van der Waals surface area contributed by atoms with Crippen molar-refractivity contribution in [3.63, 3.8) is 0 Å². The Morgan fingerprint density at radius 2 is 2.44 bits per heavy atom. The summed E-state index contributed by atoms with van der Waals surface area (Å²) in [5.74, 6) is -1.12. The molecule has 0 aliphatic rings. The van der Waals surface area contributed by atoms with E-state index in [0.29, 0.717) is 6.41 Å². The summed E-state index contributed by atoms with van der Waals surface area (Å²) in [6, 6.07) is -1.00. The van der Waals surface area contributed by atoms with Crippen molar-refractivity contribution in [2.45, 2.75) is 6.04 Å². The van der Waals surface area contributed by atoms with Crippen molar-refractivity contribution in [3.8, 4) is 0 Å². The number of nitrogens with two attached hydrogens (primary N) is 1. The summed E-state index contributed by atoms with van der Waals surface area (Å²) in [5, 5.41) is 10.3.